The molecule has 0 saturated carbocycles. The average Bonchev–Trinajstić information content (AvgIpc) is 3.55. The molecular weight excluding hydrogens is 1110 g/mol. The summed E-state index contributed by atoms with van der Waals surface area (Å²) in [5.41, 5.74) is 0. The highest BCUT2D eigenvalue weighted by Crippen LogP contribution is 2.38. The number of carbonyl (C=O) groups excluding carboxylic acids is 2. The van der Waals surface area contributed by atoms with Crippen molar-refractivity contribution in [1.82, 2.24) is 10.6 Å². The first-order valence-electron chi connectivity index (χ1n) is 25.9. The number of aliphatic hydroxyl groups is 19. The number of ether oxygens (including phenoxy) is 13. The highest BCUT2D eigenvalue weighted by atomic mass is 16.8. The molecule has 7 heterocycles. The lowest BCUT2D eigenvalue weighted by Gasteiger charge is -2.51. The number of aliphatic hydroxyl groups excluding tert-OH is 19. The highest BCUT2D eigenvalue weighted by Gasteiger charge is 2.58. The second-order valence-electron chi connectivity index (χ2n) is 20.6. The van der Waals surface area contributed by atoms with Crippen molar-refractivity contribution in [2.24, 2.45) is 0 Å². The van der Waals surface area contributed by atoms with Gasteiger partial charge in [0, 0.05) is 13.8 Å². The van der Waals surface area contributed by atoms with Crippen LogP contribution in [-0.4, -0.2) is 357 Å². The zero-order valence-corrected chi connectivity index (χ0v) is 43.5. The lowest BCUT2D eigenvalue weighted by Crippen LogP contribution is -2.71. The molecule has 2 amide bonds. The minimum absolute atomic E-state index is 0.638. The van der Waals surface area contributed by atoms with Crippen molar-refractivity contribution in [3.8, 4) is 0 Å². The number of rotatable bonds is 19. The molecule has 7 aliphatic heterocycles. The minimum atomic E-state index is -2.31. The van der Waals surface area contributed by atoms with Gasteiger partial charge in [0.1, 0.15) is 159 Å². The fourth-order valence-corrected chi connectivity index (χ4v) is 10.3. The van der Waals surface area contributed by atoms with Gasteiger partial charge in [-0.2, -0.15) is 0 Å². The smallest absolute Gasteiger partial charge is 0.217 e. The Morgan fingerprint density at radius 1 is 0.395 bits per heavy atom. The Bertz CT molecular complexity index is 1990. The van der Waals surface area contributed by atoms with Crippen LogP contribution in [0.25, 0.3) is 0 Å². The summed E-state index contributed by atoms with van der Waals surface area (Å²) in [5.74, 6) is -1.65. The standard InChI is InChI=1S/C45H76N2O34/c1-10-21(55)27(61)32(66)43(71-10)79-36-20(47-12(3)53)39(68)72-17(7-51)35(36)78-40-19(46-11(2)52)26(60)34(16(6-50)75-40)77-44-33(67)37(25(59)15(5-49)74-44)80-45-38(81-42-30(64)22(56)13(54)8-69-42)29(63)24(58)18(76-45)9-70-41-31(65)28(62)23(57)14(4-48)73-41/h10,13-45,48-51,54-68H,4-9H2,1-3H3,(H,46,52)(H,47,53). The molecule has 0 bridgehead atoms. The van der Waals surface area contributed by atoms with E-state index in [1.54, 1.807) is 0 Å². The predicted octanol–water partition coefficient (Wildman–Crippen LogP) is -14.3. The number of nitrogens with one attached hydrogen (secondary N) is 2. The summed E-state index contributed by atoms with van der Waals surface area (Å²) in [6, 6.07) is -3.46. The Morgan fingerprint density at radius 2 is 0.864 bits per heavy atom. The molecule has 470 valence electrons. The molecular formula is C45H76N2O34. The molecule has 81 heavy (non-hydrogen) atoms. The molecule has 7 fully saturated rings. The van der Waals surface area contributed by atoms with Crippen LogP contribution in [-0.2, 0) is 71.2 Å². The molecule has 34 atom stereocenters. The zero-order chi connectivity index (χ0) is 59.6. The monoisotopic (exact) mass is 1190 g/mol. The minimum Gasteiger partial charge on any atom is -0.394 e. The predicted molar refractivity (Wildman–Crippen MR) is 248 cm³/mol. The molecule has 7 rings (SSSR count). The molecule has 36 heteroatoms. The van der Waals surface area contributed by atoms with E-state index in [0.717, 1.165) is 13.8 Å². The molecule has 7 saturated heterocycles. The van der Waals surface area contributed by atoms with E-state index in [4.69, 9.17) is 61.6 Å². The van der Waals surface area contributed by atoms with E-state index in [2.05, 4.69) is 10.6 Å². The summed E-state index contributed by atoms with van der Waals surface area (Å²) in [4.78, 5) is 25.3. The largest absolute Gasteiger partial charge is 0.394 e. The maximum Gasteiger partial charge on any atom is 0.217 e. The van der Waals surface area contributed by atoms with Crippen molar-refractivity contribution < 1.29 is 168 Å². The van der Waals surface area contributed by atoms with Gasteiger partial charge in [0.15, 0.2) is 44.0 Å². The molecule has 0 radical (unpaired) electrons. The van der Waals surface area contributed by atoms with Crippen molar-refractivity contribution in [1.29, 1.82) is 0 Å². The van der Waals surface area contributed by atoms with E-state index in [9.17, 15) is 107 Å². The Kier molecular flexibility index (Phi) is 23.2. The van der Waals surface area contributed by atoms with E-state index >= 15 is 0 Å². The lowest BCUT2D eigenvalue weighted by atomic mass is 9.93. The van der Waals surface area contributed by atoms with E-state index in [0.29, 0.717) is 0 Å². The van der Waals surface area contributed by atoms with Gasteiger partial charge in [-0.15, -0.1) is 0 Å². The van der Waals surface area contributed by atoms with E-state index in [1.165, 1.54) is 6.92 Å². The lowest BCUT2D eigenvalue weighted by molar-refractivity contribution is -0.396. The van der Waals surface area contributed by atoms with Gasteiger partial charge in [0.2, 0.25) is 11.8 Å². The Hall–Kier alpha value is -2.34. The van der Waals surface area contributed by atoms with Crippen molar-refractivity contribution >= 4 is 11.8 Å². The first-order chi connectivity index (χ1) is 38.3. The van der Waals surface area contributed by atoms with Crippen molar-refractivity contribution in [3.05, 3.63) is 0 Å². The second kappa shape index (κ2) is 28.4. The van der Waals surface area contributed by atoms with Crippen LogP contribution in [0.1, 0.15) is 20.8 Å². The van der Waals surface area contributed by atoms with Crippen LogP contribution in [0.4, 0.5) is 0 Å². The van der Waals surface area contributed by atoms with Crippen molar-refractivity contribution in [3.63, 3.8) is 0 Å². The number of hydrogen-bond donors (Lipinski definition) is 21. The summed E-state index contributed by atoms with van der Waals surface area (Å²) in [7, 11) is 0. The molecule has 21 N–H and O–H groups in total. The van der Waals surface area contributed by atoms with Gasteiger partial charge >= 0.3 is 0 Å². The van der Waals surface area contributed by atoms with Crippen LogP contribution < -0.4 is 10.6 Å². The molecule has 0 aliphatic carbocycles. The summed E-state index contributed by atoms with van der Waals surface area (Å²) >= 11 is 0. The van der Waals surface area contributed by atoms with Crippen molar-refractivity contribution in [2.45, 2.75) is 229 Å². The fraction of sp³-hybridized carbons (Fsp3) is 0.956. The SMILES string of the molecule is CC(=O)NC1C(OC2C(CO)OC(O)C(NC(C)=O)C2OC2OC(C)C(O)C(O)C2O)OC(CO)C(OC2OC(CO)C(O)C(OC3OC(COC4OC(CO)C(O)C(O)C4O)C(O)C(O)C3OC3OCC(O)C(O)C3O)C2O)C1O. The number of amides is 2. The fourth-order valence-electron chi connectivity index (χ4n) is 10.3. The van der Waals surface area contributed by atoms with Crippen LogP contribution in [0.3, 0.4) is 0 Å². The van der Waals surface area contributed by atoms with Crippen LogP contribution in [0.15, 0.2) is 0 Å². The number of carbonyl (C=O) groups is 2. The maximum atomic E-state index is 12.8. The van der Waals surface area contributed by atoms with Gasteiger partial charge in [-0.1, -0.05) is 0 Å². The van der Waals surface area contributed by atoms with E-state index in [-0.39, 0.29) is 0 Å². The van der Waals surface area contributed by atoms with E-state index in [1.807, 2.05) is 0 Å². The van der Waals surface area contributed by atoms with Gasteiger partial charge < -0.3 is 169 Å². The summed E-state index contributed by atoms with van der Waals surface area (Å²) in [6.07, 6.45) is -60.6. The number of hydrogen-bond acceptors (Lipinski definition) is 34. The van der Waals surface area contributed by atoms with Gasteiger partial charge in [0.05, 0.1) is 45.7 Å². The van der Waals surface area contributed by atoms with E-state index < -0.39 is 260 Å². The molecule has 7 aliphatic rings. The van der Waals surface area contributed by atoms with Gasteiger partial charge in [-0.25, -0.2) is 0 Å². The van der Waals surface area contributed by atoms with Gasteiger partial charge in [0.25, 0.3) is 0 Å². The quantitative estimate of drug-likeness (QED) is 0.0571. The van der Waals surface area contributed by atoms with Gasteiger partial charge in [-0.05, 0) is 6.92 Å². The average molecular weight is 1190 g/mol. The third-order valence-electron chi connectivity index (χ3n) is 14.9. The summed E-state index contributed by atoms with van der Waals surface area (Å²) in [6.45, 7) is -2.15. The van der Waals surface area contributed by atoms with Crippen LogP contribution in [0, 0.1) is 0 Å². The molecule has 34 unspecified atom stereocenters. The van der Waals surface area contributed by atoms with Crippen LogP contribution >= 0.6 is 0 Å². The first-order valence-corrected chi connectivity index (χ1v) is 25.9. The molecule has 0 aromatic carbocycles. The summed E-state index contributed by atoms with van der Waals surface area (Å²) in [5, 5.41) is 210. The Balaban J connectivity index is 1.14. The third kappa shape index (κ3) is 14.4. The van der Waals surface area contributed by atoms with Crippen LogP contribution in [0.5, 0.6) is 0 Å². The van der Waals surface area contributed by atoms with Crippen LogP contribution in [0.2, 0.25) is 0 Å². The topological polar surface area (TPSA) is 563 Å². The highest BCUT2D eigenvalue weighted by molar-refractivity contribution is 5.73. The zero-order valence-electron chi connectivity index (χ0n) is 43.5. The Labute approximate surface area is 459 Å². The third-order valence-corrected chi connectivity index (χ3v) is 14.9. The maximum absolute atomic E-state index is 12.8. The second-order valence-corrected chi connectivity index (χ2v) is 20.6. The first kappa shape index (κ1) is 66.2. The molecule has 36 nitrogen and oxygen atoms in total. The molecule has 0 spiro atoms. The van der Waals surface area contributed by atoms with Gasteiger partial charge in [-0.3, -0.25) is 9.59 Å². The molecule has 0 aromatic rings. The summed E-state index contributed by atoms with van der Waals surface area (Å²) < 4.78 is 75.1. The normalized spacial score (nSPS) is 50.8. The van der Waals surface area contributed by atoms with Crippen molar-refractivity contribution in [2.75, 3.05) is 39.6 Å². The molecule has 0 aromatic heterocycles. The Morgan fingerprint density at radius 3 is 1.49 bits per heavy atom.